The summed E-state index contributed by atoms with van der Waals surface area (Å²) in [6.45, 7) is 5.44. The minimum atomic E-state index is -4.04. The Morgan fingerprint density at radius 3 is 2.41 bits per heavy atom. The number of halogens is 2. The van der Waals surface area contributed by atoms with Crippen LogP contribution in [0, 0.1) is 23.0 Å². The number of aromatic nitrogens is 3. The number of hydrogen-bond donors (Lipinski definition) is 3. The van der Waals surface area contributed by atoms with Crippen LogP contribution in [0.1, 0.15) is 49.7 Å². The van der Waals surface area contributed by atoms with Gasteiger partial charge in [0.15, 0.2) is 11.6 Å². The molecule has 3 aliphatic heterocycles. The molecule has 5 aromatic rings. The molecular formula is C45H47F2N11O7S. The number of anilines is 3. The summed E-state index contributed by atoms with van der Waals surface area (Å²) in [7, 11) is -2.69. The number of likely N-dealkylation sites (tertiary alicyclic amines) is 1. The van der Waals surface area contributed by atoms with E-state index in [2.05, 4.69) is 35.1 Å². The molecule has 0 aliphatic carbocycles. The molecule has 0 radical (unpaired) electrons. The van der Waals surface area contributed by atoms with Crippen molar-refractivity contribution in [1.29, 1.82) is 5.26 Å². The zero-order valence-corrected chi connectivity index (χ0v) is 37.0. The van der Waals surface area contributed by atoms with Crippen molar-refractivity contribution in [2.24, 2.45) is 0 Å². The number of ether oxygens (including phenoxy) is 1. The Balaban J connectivity index is 0.845. The molecule has 66 heavy (non-hydrogen) atoms. The minimum Gasteiger partial charge on any atom is -0.453 e. The number of rotatable bonds is 13. The third-order valence-electron chi connectivity index (χ3n) is 12.2. The maximum Gasteiger partial charge on any atom is 0.301 e. The number of carbonyl (C=O) groups is 3. The lowest BCUT2D eigenvalue weighted by Gasteiger charge is -2.37. The van der Waals surface area contributed by atoms with Crippen molar-refractivity contribution in [3.63, 3.8) is 0 Å². The second-order valence-corrected chi connectivity index (χ2v) is 18.1. The highest BCUT2D eigenvalue weighted by atomic mass is 32.2. The van der Waals surface area contributed by atoms with Crippen LogP contribution in [0.25, 0.3) is 16.6 Å². The van der Waals surface area contributed by atoms with Crippen molar-refractivity contribution in [3.05, 3.63) is 106 Å². The second kappa shape index (κ2) is 19.2. The first-order chi connectivity index (χ1) is 31.7. The van der Waals surface area contributed by atoms with Crippen molar-refractivity contribution in [1.82, 2.24) is 34.0 Å². The van der Waals surface area contributed by atoms with E-state index in [1.807, 2.05) is 11.0 Å². The summed E-state index contributed by atoms with van der Waals surface area (Å²) in [5.74, 6) is -1.82. The number of nitrogens with one attached hydrogen (secondary N) is 3. The van der Waals surface area contributed by atoms with E-state index in [9.17, 15) is 32.9 Å². The zero-order valence-electron chi connectivity index (χ0n) is 36.2. The first-order valence-corrected chi connectivity index (χ1v) is 22.9. The number of imide groups is 1. The first kappa shape index (κ1) is 45.5. The van der Waals surface area contributed by atoms with Crippen molar-refractivity contribution < 1.29 is 36.3 Å². The number of amides is 3. The number of benzene rings is 3. The molecule has 3 amide bonds. The molecular weight excluding hydrogens is 877 g/mol. The smallest absolute Gasteiger partial charge is 0.301 e. The largest absolute Gasteiger partial charge is 0.453 e. The van der Waals surface area contributed by atoms with Crippen LogP contribution < -0.4 is 30.6 Å². The Morgan fingerprint density at radius 2 is 1.73 bits per heavy atom. The summed E-state index contributed by atoms with van der Waals surface area (Å²) in [4.78, 5) is 65.7. The summed E-state index contributed by atoms with van der Waals surface area (Å²) in [5, 5.41) is 15.3. The molecule has 0 saturated carbocycles. The fourth-order valence-electron chi connectivity index (χ4n) is 8.27. The Kier molecular flexibility index (Phi) is 13.3. The molecule has 3 N–H and O–H groups in total. The third-order valence-corrected chi connectivity index (χ3v) is 13.8. The predicted molar refractivity (Wildman–Crippen MR) is 241 cm³/mol. The lowest BCUT2D eigenvalue weighted by molar-refractivity contribution is -0.134. The summed E-state index contributed by atoms with van der Waals surface area (Å²) in [6, 6.07) is 16.0. The number of piperazine rings is 1. The van der Waals surface area contributed by atoms with Crippen molar-refractivity contribution >= 4 is 56.0 Å². The molecule has 3 aliphatic rings. The molecule has 2 aromatic heterocycles. The van der Waals surface area contributed by atoms with Gasteiger partial charge in [-0.05, 0) is 98.4 Å². The minimum absolute atomic E-state index is 0.00147. The van der Waals surface area contributed by atoms with Crippen molar-refractivity contribution in [2.45, 2.75) is 44.6 Å². The van der Waals surface area contributed by atoms with E-state index in [4.69, 9.17) is 4.74 Å². The predicted octanol–water partition coefficient (Wildman–Crippen LogP) is 4.08. The van der Waals surface area contributed by atoms with Gasteiger partial charge in [0.25, 0.3) is 5.56 Å². The average Bonchev–Trinajstić information content (AvgIpc) is 3.31. The van der Waals surface area contributed by atoms with Crippen LogP contribution in [0.15, 0.2) is 78.0 Å². The van der Waals surface area contributed by atoms with Gasteiger partial charge in [-0.15, -0.1) is 0 Å². The van der Waals surface area contributed by atoms with Gasteiger partial charge in [0, 0.05) is 51.9 Å². The van der Waals surface area contributed by atoms with E-state index in [1.165, 1.54) is 42.2 Å². The number of nitrogens with zero attached hydrogens (tertiary/aromatic N) is 8. The van der Waals surface area contributed by atoms with Crippen LogP contribution in [-0.2, 0) is 24.6 Å². The number of pyridine rings is 1. The Bertz CT molecular complexity index is 2900. The molecule has 344 valence electrons. The number of nitriles is 1. The van der Waals surface area contributed by atoms with Crippen LogP contribution in [0.5, 0.6) is 11.5 Å². The summed E-state index contributed by atoms with van der Waals surface area (Å²) < 4.78 is 66.0. The quantitative estimate of drug-likeness (QED) is 0.142. The van der Waals surface area contributed by atoms with Gasteiger partial charge in [-0.2, -0.15) is 18.0 Å². The molecule has 5 heterocycles. The number of fused-ring (bicyclic) bond motifs is 1. The van der Waals surface area contributed by atoms with Crippen LogP contribution in [0.3, 0.4) is 0 Å². The fourth-order valence-corrected chi connectivity index (χ4v) is 9.22. The highest BCUT2D eigenvalue weighted by molar-refractivity contribution is 7.90. The standard InChI is InChI=1S/C45H47F2N11O7S/c1-3-54(2)66(63,64)53-38-10-8-35(46)43(34(38)24-48)65-31-6-9-37-33(23-31)45(62)58(27-50-37)30-5-12-40(49-25-30)56-18-20-57(21-19-56)42(60)26-55-16-14-28(15-17-55)32-7-4-29(22-36(32)47)51-39-11-13-41(59)52-44(39)61/h4-10,12,22-23,25,27-28,39,51,53H,3,11,13-21,26H2,1-2H3,(H,52,59,61)/t39-/m0/s1. The van der Waals surface area contributed by atoms with Crippen LogP contribution in [-0.4, -0.2) is 120 Å². The van der Waals surface area contributed by atoms with E-state index < -0.39 is 39.3 Å². The van der Waals surface area contributed by atoms with E-state index in [0.29, 0.717) is 86.8 Å². The monoisotopic (exact) mass is 923 g/mol. The van der Waals surface area contributed by atoms with Crippen LogP contribution in [0.4, 0.5) is 26.0 Å². The van der Waals surface area contributed by atoms with Gasteiger partial charge < -0.3 is 19.9 Å². The highest BCUT2D eigenvalue weighted by Gasteiger charge is 2.30. The molecule has 1 atom stereocenters. The summed E-state index contributed by atoms with van der Waals surface area (Å²) in [5.41, 5.74) is 0.809. The Morgan fingerprint density at radius 1 is 0.955 bits per heavy atom. The third kappa shape index (κ3) is 9.80. The summed E-state index contributed by atoms with van der Waals surface area (Å²) >= 11 is 0. The average molecular weight is 924 g/mol. The van der Waals surface area contributed by atoms with E-state index >= 15 is 8.78 Å². The molecule has 8 rings (SSSR count). The normalized spacial score (nSPS) is 17.4. The first-order valence-electron chi connectivity index (χ1n) is 21.5. The molecule has 3 fully saturated rings. The molecule has 0 bridgehead atoms. The Labute approximate surface area is 379 Å². The molecule has 0 spiro atoms. The van der Waals surface area contributed by atoms with Gasteiger partial charge >= 0.3 is 10.2 Å². The van der Waals surface area contributed by atoms with Crippen molar-refractivity contribution in [3.8, 4) is 23.3 Å². The lowest BCUT2D eigenvalue weighted by Crippen LogP contribution is -2.52. The molecule has 21 heteroatoms. The summed E-state index contributed by atoms with van der Waals surface area (Å²) in [6.07, 6.45) is 4.88. The SMILES string of the molecule is CCN(C)S(=O)(=O)Nc1ccc(F)c(Oc2ccc3ncn(-c4ccc(N5CCN(C(=O)CN6CCC(c7ccc(N[C@H]8CCC(=O)NC8=O)cc7F)CC6)CC5)nc4)c(=O)c3c2)c1C#N. The van der Waals surface area contributed by atoms with Gasteiger partial charge in [-0.3, -0.25) is 38.7 Å². The van der Waals surface area contributed by atoms with Crippen molar-refractivity contribution in [2.75, 3.05) is 74.3 Å². The number of carbonyl (C=O) groups excluding carboxylic acids is 3. The molecule has 3 saturated heterocycles. The second-order valence-electron chi connectivity index (χ2n) is 16.3. The Hall–Kier alpha value is -7.02. The van der Waals surface area contributed by atoms with Gasteiger partial charge in [-0.25, -0.2) is 18.7 Å². The number of piperidine rings is 2. The van der Waals surface area contributed by atoms with Crippen LogP contribution in [0.2, 0.25) is 0 Å². The zero-order chi connectivity index (χ0) is 46.7. The highest BCUT2D eigenvalue weighted by Crippen LogP contribution is 2.35. The van der Waals surface area contributed by atoms with E-state index in [0.717, 1.165) is 16.4 Å². The molecule has 18 nitrogen and oxygen atoms in total. The topological polar surface area (TPSA) is 215 Å². The lowest BCUT2D eigenvalue weighted by atomic mass is 9.89. The van der Waals surface area contributed by atoms with Gasteiger partial charge in [0.2, 0.25) is 17.7 Å². The molecule has 3 aromatic carbocycles. The number of hydrogen-bond acceptors (Lipinski definition) is 13. The van der Waals surface area contributed by atoms with E-state index in [-0.39, 0.29) is 65.4 Å². The maximum atomic E-state index is 15.2. The van der Waals surface area contributed by atoms with Crippen LogP contribution >= 0.6 is 0 Å². The maximum absolute atomic E-state index is 15.2. The van der Waals surface area contributed by atoms with E-state index in [1.54, 1.807) is 37.4 Å². The van der Waals surface area contributed by atoms with Gasteiger partial charge in [0.1, 0.15) is 41.4 Å². The van der Waals surface area contributed by atoms with Gasteiger partial charge in [-0.1, -0.05) is 13.0 Å². The molecule has 0 unspecified atom stereocenters. The van der Waals surface area contributed by atoms with Gasteiger partial charge in [0.05, 0.1) is 35.0 Å². The fraction of sp³-hybridized carbons (Fsp3) is 0.356.